The molecule has 4 nitrogen and oxygen atoms in total. The average Bonchev–Trinajstić information content (AvgIpc) is 2.17. The molecule has 1 aliphatic carbocycles. The largest absolute Gasteiger partial charge is 0.490 e. The Hall–Kier alpha value is -1.71. The maximum absolute atomic E-state index is 11.1. The second-order valence-electron chi connectivity index (χ2n) is 4.64. The SMILES string of the molecule is Cc1cc(N)c(OCC2CCC2)c(C(=O)O)c1. The molecule has 0 radical (unpaired) electrons. The van der Waals surface area contributed by atoms with E-state index in [9.17, 15) is 4.79 Å². The van der Waals surface area contributed by atoms with Gasteiger partial charge in [-0.05, 0) is 43.4 Å². The number of carbonyl (C=O) groups is 1. The number of benzene rings is 1. The third-order valence-electron chi connectivity index (χ3n) is 3.18. The van der Waals surface area contributed by atoms with Crippen molar-refractivity contribution in [1.29, 1.82) is 0 Å². The Balaban J connectivity index is 2.20. The first-order chi connectivity index (χ1) is 8.08. The molecular weight excluding hydrogens is 218 g/mol. The van der Waals surface area contributed by atoms with E-state index in [1.54, 1.807) is 12.1 Å². The first-order valence-corrected chi connectivity index (χ1v) is 5.84. The molecule has 0 amide bonds. The minimum absolute atomic E-state index is 0.154. The molecule has 1 aromatic carbocycles. The molecule has 0 atom stereocenters. The molecule has 0 heterocycles. The van der Waals surface area contributed by atoms with Crippen molar-refractivity contribution < 1.29 is 14.6 Å². The molecule has 1 aromatic rings. The molecule has 0 aromatic heterocycles. The number of aryl methyl sites for hydroxylation is 1. The first-order valence-electron chi connectivity index (χ1n) is 5.84. The number of nitrogen functional groups attached to an aromatic ring is 1. The van der Waals surface area contributed by atoms with Crippen molar-refractivity contribution >= 4 is 11.7 Å². The Bertz CT molecular complexity index is 439. The predicted octanol–water partition coefficient (Wildman–Crippen LogP) is 2.45. The fourth-order valence-corrected chi connectivity index (χ4v) is 1.98. The van der Waals surface area contributed by atoms with Gasteiger partial charge in [0.1, 0.15) is 5.56 Å². The van der Waals surface area contributed by atoms with Gasteiger partial charge in [0.05, 0.1) is 12.3 Å². The van der Waals surface area contributed by atoms with Gasteiger partial charge >= 0.3 is 5.97 Å². The summed E-state index contributed by atoms with van der Waals surface area (Å²) in [6.07, 6.45) is 3.56. The van der Waals surface area contributed by atoms with Crippen LogP contribution in [0.2, 0.25) is 0 Å². The van der Waals surface area contributed by atoms with E-state index in [0.29, 0.717) is 24.0 Å². The lowest BCUT2D eigenvalue weighted by Crippen LogP contribution is -2.20. The average molecular weight is 235 g/mol. The summed E-state index contributed by atoms with van der Waals surface area (Å²) in [6.45, 7) is 2.38. The highest BCUT2D eigenvalue weighted by Crippen LogP contribution is 2.32. The highest BCUT2D eigenvalue weighted by Gasteiger charge is 2.21. The van der Waals surface area contributed by atoms with Crippen molar-refractivity contribution in [2.24, 2.45) is 5.92 Å². The summed E-state index contributed by atoms with van der Waals surface area (Å²) in [5, 5.41) is 9.12. The van der Waals surface area contributed by atoms with Crippen LogP contribution in [-0.2, 0) is 0 Å². The van der Waals surface area contributed by atoms with Crippen LogP contribution in [0.5, 0.6) is 5.75 Å². The number of carboxylic acid groups (broad SMARTS) is 1. The molecule has 0 aliphatic heterocycles. The van der Waals surface area contributed by atoms with E-state index >= 15 is 0 Å². The zero-order valence-electron chi connectivity index (χ0n) is 9.90. The second kappa shape index (κ2) is 4.65. The molecule has 3 N–H and O–H groups in total. The van der Waals surface area contributed by atoms with Crippen LogP contribution in [0.4, 0.5) is 5.69 Å². The van der Waals surface area contributed by atoms with Gasteiger partial charge < -0.3 is 15.6 Å². The zero-order valence-corrected chi connectivity index (χ0v) is 9.90. The van der Waals surface area contributed by atoms with Crippen LogP contribution in [0.15, 0.2) is 12.1 Å². The van der Waals surface area contributed by atoms with Crippen molar-refractivity contribution in [2.45, 2.75) is 26.2 Å². The van der Waals surface area contributed by atoms with E-state index in [2.05, 4.69) is 0 Å². The molecule has 0 bridgehead atoms. The number of aromatic carboxylic acids is 1. The Labute approximate surface area is 100 Å². The molecule has 17 heavy (non-hydrogen) atoms. The molecule has 1 saturated carbocycles. The first kappa shape index (κ1) is 11.8. The highest BCUT2D eigenvalue weighted by molar-refractivity contribution is 5.93. The third-order valence-corrected chi connectivity index (χ3v) is 3.18. The number of carboxylic acids is 1. The van der Waals surface area contributed by atoms with E-state index in [0.717, 1.165) is 18.4 Å². The standard InChI is InChI=1S/C13H17NO3/c1-8-5-10(13(15)16)12(11(14)6-8)17-7-9-3-2-4-9/h5-6,9H,2-4,7,14H2,1H3,(H,15,16). The molecule has 2 rings (SSSR count). The summed E-state index contributed by atoms with van der Waals surface area (Å²) < 4.78 is 5.58. The number of hydrogen-bond acceptors (Lipinski definition) is 3. The summed E-state index contributed by atoms with van der Waals surface area (Å²) >= 11 is 0. The maximum Gasteiger partial charge on any atom is 0.339 e. The zero-order chi connectivity index (χ0) is 12.4. The minimum Gasteiger partial charge on any atom is -0.490 e. The Morgan fingerprint density at radius 1 is 1.53 bits per heavy atom. The lowest BCUT2D eigenvalue weighted by atomic mass is 9.86. The number of hydrogen-bond donors (Lipinski definition) is 2. The van der Waals surface area contributed by atoms with Crippen molar-refractivity contribution in [3.63, 3.8) is 0 Å². The molecular formula is C13H17NO3. The van der Waals surface area contributed by atoms with E-state index in [1.807, 2.05) is 6.92 Å². The second-order valence-corrected chi connectivity index (χ2v) is 4.64. The molecule has 1 fully saturated rings. The van der Waals surface area contributed by atoms with Crippen molar-refractivity contribution in [2.75, 3.05) is 12.3 Å². The van der Waals surface area contributed by atoms with Crippen LogP contribution in [0.1, 0.15) is 35.2 Å². The smallest absolute Gasteiger partial charge is 0.339 e. The van der Waals surface area contributed by atoms with Crippen LogP contribution in [-0.4, -0.2) is 17.7 Å². The summed E-state index contributed by atoms with van der Waals surface area (Å²) in [5.74, 6) is -0.128. The quantitative estimate of drug-likeness (QED) is 0.786. The van der Waals surface area contributed by atoms with Gasteiger partial charge in [-0.15, -0.1) is 0 Å². The molecule has 0 saturated heterocycles. The van der Waals surface area contributed by atoms with Gasteiger partial charge in [-0.25, -0.2) is 4.79 Å². The van der Waals surface area contributed by atoms with Crippen LogP contribution >= 0.6 is 0 Å². The number of anilines is 1. The predicted molar refractivity (Wildman–Crippen MR) is 65.4 cm³/mol. The number of ether oxygens (including phenoxy) is 1. The van der Waals surface area contributed by atoms with Crippen LogP contribution in [0, 0.1) is 12.8 Å². The Morgan fingerprint density at radius 3 is 2.76 bits per heavy atom. The van der Waals surface area contributed by atoms with Crippen LogP contribution in [0.3, 0.4) is 0 Å². The molecule has 0 spiro atoms. The van der Waals surface area contributed by atoms with Crippen LogP contribution in [0.25, 0.3) is 0 Å². The Kier molecular flexibility index (Phi) is 3.22. The van der Waals surface area contributed by atoms with Crippen molar-refractivity contribution in [1.82, 2.24) is 0 Å². The van der Waals surface area contributed by atoms with Gasteiger partial charge in [-0.2, -0.15) is 0 Å². The monoisotopic (exact) mass is 235 g/mol. The molecule has 0 unspecified atom stereocenters. The van der Waals surface area contributed by atoms with Crippen molar-refractivity contribution in [3.8, 4) is 5.75 Å². The fourth-order valence-electron chi connectivity index (χ4n) is 1.98. The molecule has 1 aliphatic rings. The number of rotatable bonds is 4. The summed E-state index contributed by atoms with van der Waals surface area (Å²) in [7, 11) is 0. The fraction of sp³-hybridized carbons (Fsp3) is 0.462. The summed E-state index contributed by atoms with van der Waals surface area (Å²) in [5.41, 5.74) is 7.21. The van der Waals surface area contributed by atoms with Crippen molar-refractivity contribution in [3.05, 3.63) is 23.3 Å². The van der Waals surface area contributed by atoms with E-state index in [1.165, 1.54) is 6.42 Å². The topological polar surface area (TPSA) is 72.5 Å². The van der Waals surface area contributed by atoms with E-state index in [4.69, 9.17) is 15.6 Å². The normalized spacial score (nSPS) is 15.4. The van der Waals surface area contributed by atoms with Gasteiger partial charge in [0.25, 0.3) is 0 Å². The minimum atomic E-state index is -0.996. The Morgan fingerprint density at radius 2 is 2.24 bits per heavy atom. The van der Waals surface area contributed by atoms with E-state index < -0.39 is 5.97 Å². The number of nitrogens with two attached hydrogens (primary N) is 1. The molecule has 92 valence electrons. The van der Waals surface area contributed by atoms with E-state index in [-0.39, 0.29) is 5.56 Å². The van der Waals surface area contributed by atoms with Gasteiger partial charge in [0, 0.05) is 0 Å². The summed E-state index contributed by atoms with van der Waals surface area (Å²) in [6, 6.07) is 3.33. The lowest BCUT2D eigenvalue weighted by molar-refractivity contribution is 0.0690. The molecule has 4 heteroatoms. The van der Waals surface area contributed by atoms with Gasteiger partial charge in [-0.3, -0.25) is 0 Å². The lowest BCUT2D eigenvalue weighted by Gasteiger charge is -2.25. The highest BCUT2D eigenvalue weighted by atomic mass is 16.5. The maximum atomic E-state index is 11.1. The van der Waals surface area contributed by atoms with Gasteiger partial charge in [-0.1, -0.05) is 6.42 Å². The van der Waals surface area contributed by atoms with Gasteiger partial charge in [0.15, 0.2) is 5.75 Å². The van der Waals surface area contributed by atoms with Crippen LogP contribution < -0.4 is 10.5 Å². The third kappa shape index (κ3) is 2.52. The summed E-state index contributed by atoms with van der Waals surface area (Å²) in [4.78, 5) is 11.1. The van der Waals surface area contributed by atoms with Gasteiger partial charge in [0.2, 0.25) is 0 Å².